The Balaban J connectivity index is 1.59. The standard InChI is InChI=1S/C22H28FNO/c1-2-3-4-5-16-6-8-17(9-7-16)18-10-12-19(13-11-18)20-14-15-21(25)22(23)24-20/h10-17,25H,2-9H2,1H3. The molecule has 1 heterocycles. The molecule has 1 aliphatic rings. The molecule has 0 atom stereocenters. The van der Waals surface area contributed by atoms with Crippen molar-refractivity contribution in [3.05, 3.63) is 47.9 Å². The predicted octanol–water partition coefficient (Wildman–Crippen LogP) is 6.45. The van der Waals surface area contributed by atoms with E-state index < -0.39 is 11.7 Å². The number of aromatic nitrogens is 1. The lowest BCUT2D eigenvalue weighted by atomic mass is 9.77. The van der Waals surface area contributed by atoms with E-state index in [1.54, 1.807) is 6.07 Å². The number of unbranched alkanes of at least 4 members (excludes halogenated alkanes) is 2. The lowest BCUT2D eigenvalue weighted by Gasteiger charge is -2.29. The average molecular weight is 341 g/mol. The highest BCUT2D eigenvalue weighted by molar-refractivity contribution is 5.60. The maximum atomic E-state index is 13.4. The first-order valence-electron chi connectivity index (χ1n) is 9.63. The quantitative estimate of drug-likeness (QED) is 0.484. The fraction of sp³-hybridized carbons (Fsp3) is 0.500. The molecule has 3 heteroatoms. The summed E-state index contributed by atoms with van der Waals surface area (Å²) in [5.41, 5.74) is 2.83. The van der Waals surface area contributed by atoms with Crippen molar-refractivity contribution in [1.29, 1.82) is 0 Å². The second-order valence-electron chi connectivity index (χ2n) is 7.34. The second-order valence-corrected chi connectivity index (χ2v) is 7.34. The van der Waals surface area contributed by atoms with Crippen LogP contribution in [0.1, 0.15) is 69.8 Å². The lowest BCUT2D eigenvalue weighted by molar-refractivity contribution is 0.303. The molecule has 0 radical (unpaired) electrons. The first-order chi connectivity index (χ1) is 12.2. The van der Waals surface area contributed by atoms with Gasteiger partial charge in [0.2, 0.25) is 0 Å². The second kappa shape index (κ2) is 8.46. The van der Waals surface area contributed by atoms with Gasteiger partial charge in [-0.05, 0) is 55.2 Å². The molecule has 0 saturated heterocycles. The maximum absolute atomic E-state index is 13.4. The Hall–Kier alpha value is -1.90. The number of nitrogens with zero attached hydrogens (tertiary/aromatic N) is 1. The SMILES string of the molecule is CCCCCC1CCC(c2ccc(-c3ccc(O)c(F)n3)cc2)CC1. The number of pyridine rings is 1. The monoisotopic (exact) mass is 341 g/mol. The molecule has 0 bridgehead atoms. The number of rotatable bonds is 6. The van der Waals surface area contributed by atoms with E-state index in [9.17, 15) is 9.50 Å². The van der Waals surface area contributed by atoms with Crippen LogP contribution in [0.2, 0.25) is 0 Å². The number of aromatic hydroxyl groups is 1. The summed E-state index contributed by atoms with van der Waals surface area (Å²) in [5, 5.41) is 9.26. The average Bonchev–Trinajstić information content (AvgIpc) is 2.65. The van der Waals surface area contributed by atoms with Gasteiger partial charge in [-0.15, -0.1) is 0 Å². The largest absolute Gasteiger partial charge is 0.504 e. The zero-order valence-corrected chi connectivity index (χ0v) is 15.0. The summed E-state index contributed by atoms with van der Waals surface area (Å²) < 4.78 is 13.4. The minimum atomic E-state index is -0.817. The third-order valence-electron chi connectivity index (χ3n) is 5.57. The number of benzene rings is 1. The molecule has 134 valence electrons. The Kier molecular flexibility index (Phi) is 6.06. The maximum Gasteiger partial charge on any atom is 0.255 e. The molecule has 1 aromatic carbocycles. The number of hydrogen-bond donors (Lipinski definition) is 1. The summed E-state index contributed by atoms with van der Waals surface area (Å²) in [6, 6.07) is 11.3. The van der Waals surface area contributed by atoms with Crippen molar-refractivity contribution in [3.63, 3.8) is 0 Å². The van der Waals surface area contributed by atoms with Crippen molar-refractivity contribution in [2.75, 3.05) is 0 Å². The van der Waals surface area contributed by atoms with E-state index >= 15 is 0 Å². The Morgan fingerprint density at radius 3 is 2.36 bits per heavy atom. The minimum Gasteiger partial charge on any atom is -0.504 e. The molecule has 1 aromatic heterocycles. The van der Waals surface area contributed by atoms with E-state index in [0.717, 1.165) is 11.5 Å². The van der Waals surface area contributed by atoms with Crippen LogP contribution in [-0.2, 0) is 0 Å². The van der Waals surface area contributed by atoms with Crippen LogP contribution >= 0.6 is 0 Å². The molecule has 0 spiro atoms. The van der Waals surface area contributed by atoms with E-state index in [4.69, 9.17) is 0 Å². The van der Waals surface area contributed by atoms with Gasteiger partial charge >= 0.3 is 0 Å². The summed E-state index contributed by atoms with van der Waals surface area (Å²) in [4.78, 5) is 3.81. The van der Waals surface area contributed by atoms with Gasteiger partial charge in [0.25, 0.3) is 5.95 Å². The van der Waals surface area contributed by atoms with Crippen molar-refractivity contribution in [2.45, 2.75) is 64.2 Å². The molecule has 3 rings (SSSR count). The lowest BCUT2D eigenvalue weighted by Crippen LogP contribution is -2.13. The molecule has 0 aliphatic heterocycles. The Labute approximate surface area is 150 Å². The van der Waals surface area contributed by atoms with E-state index in [1.165, 1.54) is 63.0 Å². The summed E-state index contributed by atoms with van der Waals surface area (Å²) in [6.07, 6.45) is 10.7. The highest BCUT2D eigenvalue weighted by atomic mass is 19.1. The number of hydrogen-bond acceptors (Lipinski definition) is 2. The molecular weight excluding hydrogens is 313 g/mol. The normalized spacial score (nSPS) is 20.6. The molecule has 1 N–H and O–H groups in total. The van der Waals surface area contributed by atoms with Gasteiger partial charge < -0.3 is 5.11 Å². The van der Waals surface area contributed by atoms with Crippen LogP contribution in [0.25, 0.3) is 11.3 Å². The van der Waals surface area contributed by atoms with Crippen LogP contribution in [0.4, 0.5) is 4.39 Å². The third kappa shape index (κ3) is 4.59. The smallest absolute Gasteiger partial charge is 0.255 e. The zero-order chi connectivity index (χ0) is 17.6. The first kappa shape index (κ1) is 17.9. The van der Waals surface area contributed by atoms with E-state index in [2.05, 4.69) is 24.0 Å². The fourth-order valence-corrected chi connectivity index (χ4v) is 3.98. The van der Waals surface area contributed by atoms with Crippen LogP contribution in [-0.4, -0.2) is 10.1 Å². The highest BCUT2D eigenvalue weighted by Gasteiger charge is 2.22. The van der Waals surface area contributed by atoms with Gasteiger partial charge in [0.05, 0.1) is 5.69 Å². The topological polar surface area (TPSA) is 33.1 Å². The van der Waals surface area contributed by atoms with Gasteiger partial charge in [-0.3, -0.25) is 0 Å². The van der Waals surface area contributed by atoms with E-state index in [0.29, 0.717) is 11.6 Å². The molecule has 2 nitrogen and oxygen atoms in total. The molecular formula is C22H28FNO. The molecule has 0 amide bonds. The van der Waals surface area contributed by atoms with E-state index in [-0.39, 0.29) is 0 Å². The van der Waals surface area contributed by atoms with Gasteiger partial charge in [-0.25, -0.2) is 4.98 Å². The molecule has 1 saturated carbocycles. The predicted molar refractivity (Wildman–Crippen MR) is 100 cm³/mol. The summed E-state index contributed by atoms with van der Waals surface area (Å²) >= 11 is 0. The summed E-state index contributed by atoms with van der Waals surface area (Å²) in [7, 11) is 0. The Morgan fingerprint density at radius 1 is 1.00 bits per heavy atom. The van der Waals surface area contributed by atoms with Crippen molar-refractivity contribution in [2.24, 2.45) is 5.92 Å². The molecule has 2 aromatic rings. The zero-order valence-electron chi connectivity index (χ0n) is 15.0. The summed E-state index contributed by atoms with van der Waals surface area (Å²) in [6.45, 7) is 2.27. The molecule has 25 heavy (non-hydrogen) atoms. The van der Waals surface area contributed by atoms with Crippen molar-refractivity contribution >= 4 is 0 Å². The van der Waals surface area contributed by atoms with Crippen LogP contribution < -0.4 is 0 Å². The van der Waals surface area contributed by atoms with Crippen LogP contribution in [0.3, 0.4) is 0 Å². The highest BCUT2D eigenvalue weighted by Crippen LogP contribution is 2.38. The van der Waals surface area contributed by atoms with Gasteiger partial charge in [-0.2, -0.15) is 4.39 Å². The Bertz CT molecular complexity index is 675. The molecule has 1 fully saturated rings. The fourth-order valence-electron chi connectivity index (χ4n) is 3.98. The van der Waals surface area contributed by atoms with E-state index in [1.807, 2.05) is 12.1 Å². The van der Waals surface area contributed by atoms with Crippen molar-refractivity contribution < 1.29 is 9.50 Å². The summed E-state index contributed by atoms with van der Waals surface area (Å²) in [5.74, 6) is 0.353. The van der Waals surface area contributed by atoms with Crippen molar-refractivity contribution in [1.82, 2.24) is 4.98 Å². The van der Waals surface area contributed by atoms with Gasteiger partial charge in [0.15, 0.2) is 5.75 Å². The van der Waals surface area contributed by atoms with Crippen LogP contribution in [0, 0.1) is 11.9 Å². The first-order valence-corrected chi connectivity index (χ1v) is 9.63. The minimum absolute atomic E-state index is 0.406. The van der Waals surface area contributed by atoms with Gasteiger partial charge in [0, 0.05) is 5.56 Å². The van der Waals surface area contributed by atoms with Gasteiger partial charge in [0.1, 0.15) is 0 Å². The van der Waals surface area contributed by atoms with Crippen molar-refractivity contribution in [3.8, 4) is 17.0 Å². The number of halogens is 1. The molecule has 0 unspecified atom stereocenters. The third-order valence-corrected chi connectivity index (χ3v) is 5.57. The van der Waals surface area contributed by atoms with Crippen LogP contribution in [0.5, 0.6) is 5.75 Å². The Morgan fingerprint density at radius 2 is 1.72 bits per heavy atom. The van der Waals surface area contributed by atoms with Gasteiger partial charge in [-0.1, -0.05) is 56.9 Å². The van der Waals surface area contributed by atoms with Crippen LogP contribution in [0.15, 0.2) is 36.4 Å². The molecule has 1 aliphatic carbocycles.